The van der Waals surface area contributed by atoms with Gasteiger partial charge in [-0.3, -0.25) is 4.99 Å². The molecule has 1 aromatic carbocycles. The van der Waals surface area contributed by atoms with Crippen molar-refractivity contribution in [1.29, 1.82) is 5.26 Å². The number of sulfonamides is 2. The van der Waals surface area contributed by atoms with Gasteiger partial charge in [0.05, 0.1) is 35.6 Å². The number of nitriles is 1. The van der Waals surface area contributed by atoms with E-state index in [0.717, 1.165) is 4.68 Å². The second kappa shape index (κ2) is 12.1. The van der Waals surface area contributed by atoms with Gasteiger partial charge in [-0.15, -0.1) is 8.81 Å². The average molecular weight is 631 g/mol. The fourth-order valence-corrected chi connectivity index (χ4v) is 9.49. The SMILES string of the molecule is [C-]#[N+]C1=C(C)N=C(C)C(C#N)C1c1ccc2c(c1)c(N(S(=O)(=O)CC(C)C)S(=O)(=O)CC(C)C)nn2C(=O)OC(C)(C)C. The van der Waals surface area contributed by atoms with Crippen LogP contribution in [0.25, 0.3) is 15.7 Å². The number of allylic oxidation sites excluding steroid dienone is 2. The summed E-state index contributed by atoms with van der Waals surface area (Å²) in [6, 6.07) is 6.79. The van der Waals surface area contributed by atoms with Gasteiger partial charge in [0.2, 0.25) is 20.0 Å². The lowest BCUT2D eigenvalue weighted by atomic mass is 9.79. The van der Waals surface area contributed by atoms with Crippen molar-refractivity contribution in [3.8, 4) is 6.07 Å². The van der Waals surface area contributed by atoms with Crippen LogP contribution in [0, 0.1) is 35.7 Å². The van der Waals surface area contributed by atoms with Gasteiger partial charge >= 0.3 is 6.09 Å². The first-order chi connectivity index (χ1) is 19.7. The number of ether oxygens (including phenoxy) is 1. The molecule has 2 aromatic rings. The molecule has 0 aliphatic carbocycles. The van der Waals surface area contributed by atoms with Crippen LogP contribution in [0.3, 0.4) is 0 Å². The van der Waals surface area contributed by atoms with Gasteiger partial charge in [0.25, 0.3) is 0 Å². The molecule has 1 aromatic heterocycles. The molecule has 2 unspecified atom stereocenters. The van der Waals surface area contributed by atoms with E-state index in [0.29, 0.717) is 20.7 Å². The molecule has 0 bridgehead atoms. The number of aliphatic imine (C=N–C) groups is 1. The Morgan fingerprint density at radius 3 is 2.14 bits per heavy atom. The quantitative estimate of drug-likeness (QED) is 0.349. The Kier molecular flexibility index (Phi) is 9.49. The van der Waals surface area contributed by atoms with Crippen LogP contribution < -0.4 is 3.71 Å². The normalized spacial score (nSPS) is 18.0. The van der Waals surface area contributed by atoms with Gasteiger partial charge in [0.15, 0.2) is 11.5 Å². The highest BCUT2D eigenvalue weighted by atomic mass is 32.3. The molecule has 43 heavy (non-hydrogen) atoms. The van der Waals surface area contributed by atoms with Crippen LogP contribution in [0.5, 0.6) is 0 Å². The van der Waals surface area contributed by atoms with Crippen LogP contribution in [0.2, 0.25) is 0 Å². The van der Waals surface area contributed by atoms with E-state index in [2.05, 4.69) is 21.0 Å². The molecular weight excluding hydrogens is 592 g/mol. The van der Waals surface area contributed by atoms with Crippen molar-refractivity contribution in [2.45, 2.75) is 73.8 Å². The van der Waals surface area contributed by atoms with Crippen molar-refractivity contribution < 1.29 is 26.4 Å². The number of hydrogen-bond donors (Lipinski definition) is 0. The maximum Gasteiger partial charge on any atom is 0.435 e. The Hall–Kier alpha value is -3.75. The average Bonchev–Trinajstić information content (AvgIpc) is 3.18. The summed E-state index contributed by atoms with van der Waals surface area (Å²) in [5.41, 5.74) is 0.768. The molecule has 12 nitrogen and oxygen atoms in total. The Morgan fingerprint density at radius 2 is 1.67 bits per heavy atom. The van der Waals surface area contributed by atoms with Crippen molar-refractivity contribution in [3.05, 3.63) is 46.6 Å². The molecule has 232 valence electrons. The summed E-state index contributed by atoms with van der Waals surface area (Å²) in [4.78, 5) is 21.3. The second-order valence-corrected chi connectivity index (χ2v) is 16.4. The molecule has 0 saturated heterocycles. The van der Waals surface area contributed by atoms with Crippen molar-refractivity contribution in [2.24, 2.45) is 22.7 Å². The maximum atomic E-state index is 13.8. The number of aromatic nitrogens is 2. The first-order valence-corrected chi connectivity index (χ1v) is 17.0. The largest absolute Gasteiger partial charge is 0.442 e. The summed E-state index contributed by atoms with van der Waals surface area (Å²) in [5.74, 6) is -3.90. The zero-order valence-corrected chi connectivity index (χ0v) is 27.5. The lowest BCUT2D eigenvalue weighted by molar-refractivity contribution is 0.0523. The molecule has 2 atom stereocenters. The molecule has 0 fully saturated rings. The van der Waals surface area contributed by atoms with Crippen LogP contribution in [0.15, 0.2) is 34.6 Å². The number of nitrogens with zero attached hydrogens (tertiary/aromatic N) is 6. The van der Waals surface area contributed by atoms with Gasteiger partial charge < -0.3 is 4.74 Å². The number of rotatable bonds is 8. The van der Waals surface area contributed by atoms with Gasteiger partial charge in [-0.25, -0.2) is 26.5 Å². The highest BCUT2D eigenvalue weighted by Gasteiger charge is 2.40. The van der Waals surface area contributed by atoms with E-state index in [1.807, 2.05) is 0 Å². The lowest BCUT2D eigenvalue weighted by Crippen LogP contribution is -2.42. The minimum atomic E-state index is -4.51. The van der Waals surface area contributed by atoms with Crippen LogP contribution in [0.4, 0.5) is 10.6 Å². The number of hydrogen-bond acceptors (Lipinski definition) is 9. The standard InChI is InChI=1S/C29H38N6O6S2/c1-17(2)15-42(37,38)35(43(39,40)16-18(3)4)27-22-13-21(25-23(14-30)19(5)32-20(6)26(25)31-10)11-12-24(22)34(33-27)28(36)41-29(7,8)9/h11-13,17-18,23,25H,15-16H2,1-9H3. The predicted molar refractivity (Wildman–Crippen MR) is 165 cm³/mol. The molecule has 0 N–H and O–H groups in total. The number of carbonyl (C=O) groups is 1. The monoisotopic (exact) mass is 630 g/mol. The molecule has 0 amide bonds. The summed E-state index contributed by atoms with van der Waals surface area (Å²) >= 11 is 0. The summed E-state index contributed by atoms with van der Waals surface area (Å²) in [7, 11) is -9.03. The van der Waals surface area contributed by atoms with Crippen LogP contribution in [0.1, 0.15) is 73.8 Å². The molecule has 3 rings (SSSR count). The first kappa shape index (κ1) is 33.7. The molecule has 0 radical (unpaired) electrons. The Morgan fingerprint density at radius 1 is 1.12 bits per heavy atom. The van der Waals surface area contributed by atoms with E-state index in [4.69, 9.17) is 11.3 Å². The molecule has 1 aliphatic rings. The Labute approximate surface area is 254 Å². The molecule has 1 aliphatic heterocycles. The molecular formula is C29H38N6O6S2. The van der Waals surface area contributed by atoms with E-state index in [1.54, 1.807) is 68.4 Å². The minimum Gasteiger partial charge on any atom is -0.442 e. The number of carbonyl (C=O) groups excluding carboxylic acids is 1. The summed E-state index contributed by atoms with van der Waals surface area (Å²) in [6.45, 7) is 22.7. The number of fused-ring (bicyclic) bond motifs is 1. The van der Waals surface area contributed by atoms with Crippen molar-refractivity contribution in [2.75, 3.05) is 15.2 Å². The third kappa shape index (κ3) is 7.08. The van der Waals surface area contributed by atoms with Crippen LogP contribution >= 0.6 is 0 Å². The summed E-state index contributed by atoms with van der Waals surface area (Å²) in [6.07, 6.45) is -0.938. The van der Waals surface area contributed by atoms with Gasteiger partial charge in [0.1, 0.15) is 5.60 Å². The third-order valence-electron chi connectivity index (χ3n) is 6.43. The number of anilines is 1. The number of benzene rings is 1. The molecule has 0 spiro atoms. The van der Waals surface area contributed by atoms with E-state index in [9.17, 15) is 26.9 Å². The highest BCUT2D eigenvalue weighted by molar-refractivity contribution is 8.10. The zero-order valence-electron chi connectivity index (χ0n) is 25.9. The third-order valence-corrected chi connectivity index (χ3v) is 11.3. The van der Waals surface area contributed by atoms with E-state index in [1.165, 1.54) is 12.1 Å². The zero-order chi connectivity index (χ0) is 32.7. The fraction of sp³-hybridized carbons (Fsp3) is 0.552. The van der Waals surface area contributed by atoms with Crippen molar-refractivity contribution in [1.82, 2.24) is 9.78 Å². The summed E-state index contributed by atoms with van der Waals surface area (Å²) in [5, 5.41) is 14.3. The lowest BCUT2D eigenvalue weighted by Gasteiger charge is -2.27. The van der Waals surface area contributed by atoms with E-state index >= 15 is 0 Å². The Balaban J connectivity index is 2.47. The molecule has 2 heterocycles. The van der Waals surface area contributed by atoms with E-state index in [-0.39, 0.29) is 16.6 Å². The van der Waals surface area contributed by atoms with E-state index < -0.39 is 72.7 Å². The van der Waals surface area contributed by atoms with Crippen molar-refractivity contribution >= 4 is 48.6 Å². The Bertz CT molecular complexity index is 1760. The fourth-order valence-electron chi connectivity index (χ4n) is 4.99. The van der Waals surface area contributed by atoms with Crippen molar-refractivity contribution in [3.63, 3.8) is 0 Å². The van der Waals surface area contributed by atoms with Gasteiger partial charge in [-0.05, 0) is 64.2 Å². The summed E-state index contributed by atoms with van der Waals surface area (Å²) < 4.78 is 61.7. The predicted octanol–water partition coefficient (Wildman–Crippen LogP) is 5.45. The van der Waals surface area contributed by atoms with Gasteiger partial charge in [0, 0.05) is 22.7 Å². The van der Waals surface area contributed by atoms with Crippen LogP contribution in [-0.2, 0) is 24.8 Å². The van der Waals surface area contributed by atoms with Gasteiger partial charge in [-0.2, -0.15) is 9.94 Å². The smallest absolute Gasteiger partial charge is 0.435 e. The topological polar surface area (TPSA) is 156 Å². The molecule has 0 saturated carbocycles. The second-order valence-electron chi connectivity index (χ2n) is 12.5. The maximum absolute atomic E-state index is 13.8. The first-order valence-electron chi connectivity index (χ1n) is 13.8. The van der Waals surface area contributed by atoms with Crippen LogP contribution in [-0.4, -0.2) is 55.5 Å². The molecule has 14 heteroatoms. The minimum absolute atomic E-state index is 0.0295. The highest BCUT2D eigenvalue weighted by Crippen LogP contribution is 2.42. The van der Waals surface area contributed by atoms with Gasteiger partial charge in [-0.1, -0.05) is 33.8 Å².